The Balaban J connectivity index is 1.82. The highest BCUT2D eigenvalue weighted by Gasteiger charge is 2.16. The lowest BCUT2D eigenvalue weighted by Gasteiger charge is -2.16. The summed E-state index contributed by atoms with van der Waals surface area (Å²) in [5.41, 5.74) is 3.80. The van der Waals surface area contributed by atoms with Gasteiger partial charge in [0.1, 0.15) is 11.3 Å². The van der Waals surface area contributed by atoms with E-state index in [0.717, 1.165) is 42.2 Å². The Kier molecular flexibility index (Phi) is 12.5. The van der Waals surface area contributed by atoms with Crippen LogP contribution in [0.4, 0.5) is 0 Å². The van der Waals surface area contributed by atoms with E-state index in [0.29, 0.717) is 53.1 Å². The summed E-state index contributed by atoms with van der Waals surface area (Å²) < 4.78 is 21.9. The molecule has 43 heavy (non-hydrogen) atoms. The summed E-state index contributed by atoms with van der Waals surface area (Å²) in [5.74, 6) is -0.536. The minimum absolute atomic E-state index is 0.0338. The van der Waals surface area contributed by atoms with Crippen molar-refractivity contribution in [1.82, 2.24) is 0 Å². The Hall–Kier alpha value is -4.01. The van der Waals surface area contributed by atoms with Crippen molar-refractivity contribution in [3.05, 3.63) is 88.3 Å². The number of fused-ring (bicyclic) bond motifs is 1. The van der Waals surface area contributed by atoms with Crippen LogP contribution in [0, 0.1) is 5.92 Å². The van der Waals surface area contributed by atoms with E-state index >= 15 is 0 Å². The average Bonchev–Trinajstić information content (AvgIpc) is 2.97. The molecule has 1 aromatic heterocycles. The molecule has 0 spiro atoms. The van der Waals surface area contributed by atoms with Gasteiger partial charge in [-0.15, -0.1) is 0 Å². The van der Waals surface area contributed by atoms with Gasteiger partial charge in [0.15, 0.2) is 6.29 Å². The number of carbonyl (C=O) groups is 2. The van der Waals surface area contributed by atoms with Crippen LogP contribution in [-0.2, 0) is 31.9 Å². The highest BCUT2D eigenvalue weighted by molar-refractivity contribution is 5.89. The Labute approximate surface area is 253 Å². The molecule has 0 saturated heterocycles. The molecular weight excluding hydrogens is 548 g/mol. The number of esters is 2. The molecule has 1 heterocycles. The summed E-state index contributed by atoms with van der Waals surface area (Å²) in [6, 6.07) is 12.5. The molecule has 0 aliphatic rings. The van der Waals surface area contributed by atoms with Crippen molar-refractivity contribution in [2.75, 3.05) is 13.2 Å². The number of hydrogen-bond donors (Lipinski definition) is 1. The molecule has 0 aliphatic heterocycles. The molecule has 0 aliphatic carbocycles. The van der Waals surface area contributed by atoms with Crippen molar-refractivity contribution < 1.29 is 33.3 Å². The predicted octanol–water partition coefficient (Wildman–Crippen LogP) is 6.70. The summed E-state index contributed by atoms with van der Waals surface area (Å²) in [7, 11) is 0. The third-order valence-electron chi connectivity index (χ3n) is 6.93. The topological polar surface area (TPSA) is 112 Å². The third-order valence-corrected chi connectivity index (χ3v) is 6.93. The maximum absolute atomic E-state index is 13.2. The minimum atomic E-state index is -0.777. The van der Waals surface area contributed by atoms with Crippen LogP contribution in [0.5, 0.6) is 5.75 Å². The maximum Gasteiger partial charge on any atom is 0.344 e. The Bertz CT molecular complexity index is 1500. The zero-order chi connectivity index (χ0) is 31.5. The maximum atomic E-state index is 13.2. The summed E-state index contributed by atoms with van der Waals surface area (Å²) in [5, 5.41) is 10.7. The van der Waals surface area contributed by atoms with Crippen LogP contribution < -0.4 is 10.4 Å². The standard InChI is InChI=1S/C35H42O8/c1-22(2)32(36)40-19-9-7-11-25-13-14-27-21-30(26-15-17-28(18-16-26)42-34(38)24(5)6)35(39)43-31(27)29(25)12-8-10-20-41-33(37)23(3)4/h13-18,21-22,32,36H,3,5,7-12,19-20H2,1-2,4,6H3. The molecule has 0 amide bonds. The summed E-state index contributed by atoms with van der Waals surface area (Å²) in [6.45, 7) is 14.9. The van der Waals surface area contributed by atoms with Crippen molar-refractivity contribution in [1.29, 1.82) is 0 Å². The molecule has 3 rings (SSSR count). The fourth-order valence-electron chi connectivity index (χ4n) is 4.40. The molecule has 0 radical (unpaired) electrons. The summed E-state index contributed by atoms with van der Waals surface area (Å²) >= 11 is 0. The summed E-state index contributed by atoms with van der Waals surface area (Å²) in [4.78, 5) is 36.7. The Morgan fingerprint density at radius 3 is 2.19 bits per heavy atom. The van der Waals surface area contributed by atoms with E-state index < -0.39 is 23.9 Å². The number of unbranched alkanes of at least 4 members (excludes halogenated alkanes) is 2. The molecule has 0 saturated carbocycles. The molecule has 3 aromatic rings. The van der Waals surface area contributed by atoms with Gasteiger partial charge in [-0.3, -0.25) is 0 Å². The van der Waals surface area contributed by atoms with Crippen molar-refractivity contribution in [3.8, 4) is 16.9 Å². The number of carbonyl (C=O) groups excluding carboxylic acids is 2. The van der Waals surface area contributed by atoms with Crippen LogP contribution in [0.15, 0.2) is 76.0 Å². The zero-order valence-corrected chi connectivity index (χ0v) is 25.6. The number of ether oxygens (including phenoxy) is 3. The van der Waals surface area contributed by atoms with Gasteiger partial charge in [-0.1, -0.05) is 51.3 Å². The number of benzene rings is 2. The second-order valence-corrected chi connectivity index (χ2v) is 11.1. The first-order chi connectivity index (χ1) is 20.5. The minimum Gasteiger partial charge on any atom is -0.462 e. The van der Waals surface area contributed by atoms with E-state index in [-0.39, 0.29) is 12.5 Å². The third kappa shape index (κ3) is 9.76. The zero-order valence-electron chi connectivity index (χ0n) is 25.6. The molecule has 230 valence electrons. The Morgan fingerprint density at radius 2 is 1.53 bits per heavy atom. The first-order valence-electron chi connectivity index (χ1n) is 14.7. The molecule has 2 aromatic carbocycles. The number of aryl methyl sites for hydroxylation is 2. The molecule has 1 N–H and O–H groups in total. The quantitative estimate of drug-likeness (QED) is 0.0490. The van der Waals surface area contributed by atoms with Gasteiger partial charge >= 0.3 is 17.6 Å². The molecule has 8 nitrogen and oxygen atoms in total. The fraction of sp³-hybridized carbons (Fsp3) is 0.400. The smallest absolute Gasteiger partial charge is 0.344 e. The Morgan fingerprint density at radius 1 is 0.884 bits per heavy atom. The van der Waals surface area contributed by atoms with Crippen LogP contribution in [0.3, 0.4) is 0 Å². The van der Waals surface area contributed by atoms with Crippen molar-refractivity contribution in [2.24, 2.45) is 5.92 Å². The fourth-order valence-corrected chi connectivity index (χ4v) is 4.40. The average molecular weight is 591 g/mol. The van der Waals surface area contributed by atoms with Crippen molar-refractivity contribution in [2.45, 2.75) is 72.5 Å². The summed E-state index contributed by atoms with van der Waals surface area (Å²) in [6.07, 6.45) is 3.62. The van der Waals surface area contributed by atoms with Gasteiger partial charge in [-0.2, -0.15) is 0 Å². The highest BCUT2D eigenvalue weighted by atomic mass is 16.6. The van der Waals surface area contributed by atoms with E-state index in [1.165, 1.54) is 0 Å². The number of aliphatic hydroxyl groups is 1. The molecule has 1 atom stereocenters. The van der Waals surface area contributed by atoms with Gasteiger partial charge in [0.2, 0.25) is 0 Å². The monoisotopic (exact) mass is 590 g/mol. The number of aliphatic hydroxyl groups excluding tert-OH is 1. The SMILES string of the molecule is C=C(C)C(=O)OCCCCc1c(CCCCOC(O)C(C)C)ccc2cc(-c3ccc(OC(=O)C(=C)C)cc3)c(=O)oc12. The van der Waals surface area contributed by atoms with Crippen LogP contribution >= 0.6 is 0 Å². The van der Waals surface area contributed by atoms with E-state index in [9.17, 15) is 19.5 Å². The van der Waals surface area contributed by atoms with E-state index in [1.807, 2.05) is 26.0 Å². The first kappa shape index (κ1) is 33.5. The van der Waals surface area contributed by atoms with Crippen LogP contribution in [0.2, 0.25) is 0 Å². The number of hydrogen-bond acceptors (Lipinski definition) is 8. The van der Waals surface area contributed by atoms with Gasteiger partial charge in [0.25, 0.3) is 0 Å². The highest BCUT2D eigenvalue weighted by Crippen LogP contribution is 2.29. The lowest BCUT2D eigenvalue weighted by atomic mass is 9.94. The van der Waals surface area contributed by atoms with E-state index in [2.05, 4.69) is 19.2 Å². The molecular formula is C35H42O8. The van der Waals surface area contributed by atoms with E-state index in [4.69, 9.17) is 18.6 Å². The van der Waals surface area contributed by atoms with Gasteiger partial charge < -0.3 is 23.7 Å². The molecule has 8 heteroatoms. The lowest BCUT2D eigenvalue weighted by Crippen LogP contribution is -2.19. The first-order valence-corrected chi connectivity index (χ1v) is 14.7. The van der Waals surface area contributed by atoms with Crippen LogP contribution in [0.1, 0.15) is 64.5 Å². The van der Waals surface area contributed by atoms with Gasteiger partial charge in [-0.25, -0.2) is 14.4 Å². The van der Waals surface area contributed by atoms with Crippen LogP contribution in [0.25, 0.3) is 22.1 Å². The van der Waals surface area contributed by atoms with Gasteiger partial charge in [0, 0.05) is 29.1 Å². The second kappa shape index (κ2) is 16.0. The molecule has 0 bridgehead atoms. The number of rotatable bonds is 16. The van der Waals surface area contributed by atoms with Crippen LogP contribution in [-0.4, -0.2) is 36.5 Å². The second-order valence-electron chi connectivity index (χ2n) is 11.1. The van der Waals surface area contributed by atoms with Crippen molar-refractivity contribution in [3.63, 3.8) is 0 Å². The predicted molar refractivity (Wildman–Crippen MR) is 167 cm³/mol. The lowest BCUT2D eigenvalue weighted by molar-refractivity contribution is -0.139. The normalized spacial score (nSPS) is 11.9. The molecule has 1 unspecified atom stereocenters. The largest absolute Gasteiger partial charge is 0.462 e. The van der Waals surface area contributed by atoms with Crippen molar-refractivity contribution >= 4 is 22.9 Å². The molecule has 0 fully saturated rings. The van der Waals surface area contributed by atoms with Gasteiger partial charge in [-0.05, 0) is 87.3 Å². The van der Waals surface area contributed by atoms with Gasteiger partial charge in [0.05, 0.1) is 12.2 Å². The van der Waals surface area contributed by atoms with E-state index in [1.54, 1.807) is 38.1 Å².